The number of hydrogen-bond acceptors (Lipinski definition) is 4. The van der Waals surface area contributed by atoms with Crippen molar-refractivity contribution in [3.63, 3.8) is 0 Å². The van der Waals surface area contributed by atoms with Crippen LogP contribution in [0.25, 0.3) is 11.2 Å². The molecule has 0 unspecified atom stereocenters. The van der Waals surface area contributed by atoms with E-state index >= 15 is 0 Å². The third kappa shape index (κ3) is 1.62. The zero-order valence-electron chi connectivity index (χ0n) is 7.36. The van der Waals surface area contributed by atoms with E-state index < -0.39 is 0 Å². The molecule has 0 radical (unpaired) electrons. The standard InChI is InChI=1S/C9H10N4/c1-10-6-7-2-3-8-9(13-7)12-5-4-11-8/h2-5,10H,6H2,1H3. The average molecular weight is 174 g/mol. The molecule has 13 heavy (non-hydrogen) atoms. The van der Waals surface area contributed by atoms with Crippen LogP contribution in [-0.2, 0) is 6.54 Å². The van der Waals surface area contributed by atoms with Crippen molar-refractivity contribution in [3.05, 3.63) is 30.2 Å². The summed E-state index contributed by atoms with van der Waals surface area (Å²) in [6.45, 7) is 0.756. The van der Waals surface area contributed by atoms with E-state index in [0.717, 1.165) is 17.8 Å². The molecule has 2 rings (SSSR count). The van der Waals surface area contributed by atoms with Crippen molar-refractivity contribution in [2.24, 2.45) is 0 Å². The lowest BCUT2D eigenvalue weighted by molar-refractivity contribution is 0.794. The van der Waals surface area contributed by atoms with Gasteiger partial charge in [0.25, 0.3) is 0 Å². The van der Waals surface area contributed by atoms with Crippen LogP contribution in [0.5, 0.6) is 0 Å². The van der Waals surface area contributed by atoms with Crippen molar-refractivity contribution in [2.45, 2.75) is 6.54 Å². The summed E-state index contributed by atoms with van der Waals surface area (Å²) in [6, 6.07) is 3.88. The molecule has 0 aliphatic carbocycles. The van der Waals surface area contributed by atoms with E-state index in [1.165, 1.54) is 0 Å². The van der Waals surface area contributed by atoms with Gasteiger partial charge in [0, 0.05) is 18.9 Å². The van der Waals surface area contributed by atoms with Gasteiger partial charge in [-0.3, -0.25) is 4.98 Å². The Balaban J connectivity index is 2.49. The molecule has 0 atom stereocenters. The molecule has 2 heterocycles. The lowest BCUT2D eigenvalue weighted by Gasteiger charge is -1.99. The van der Waals surface area contributed by atoms with Gasteiger partial charge in [0.1, 0.15) is 5.52 Å². The lowest BCUT2D eigenvalue weighted by atomic mass is 10.3. The fourth-order valence-electron chi connectivity index (χ4n) is 1.17. The van der Waals surface area contributed by atoms with Crippen molar-refractivity contribution in [3.8, 4) is 0 Å². The van der Waals surface area contributed by atoms with Crippen LogP contribution < -0.4 is 5.32 Å². The largest absolute Gasteiger partial charge is 0.314 e. The fourth-order valence-corrected chi connectivity index (χ4v) is 1.17. The highest BCUT2D eigenvalue weighted by Gasteiger charge is 1.97. The Morgan fingerprint density at radius 3 is 2.92 bits per heavy atom. The van der Waals surface area contributed by atoms with Crippen molar-refractivity contribution >= 4 is 11.2 Å². The maximum atomic E-state index is 4.33. The van der Waals surface area contributed by atoms with Gasteiger partial charge in [0.2, 0.25) is 0 Å². The van der Waals surface area contributed by atoms with Gasteiger partial charge >= 0.3 is 0 Å². The molecule has 0 amide bonds. The predicted molar refractivity (Wildman–Crippen MR) is 50.1 cm³/mol. The SMILES string of the molecule is CNCc1ccc2nccnc2n1. The smallest absolute Gasteiger partial charge is 0.178 e. The van der Waals surface area contributed by atoms with Gasteiger partial charge < -0.3 is 5.32 Å². The topological polar surface area (TPSA) is 50.7 Å². The predicted octanol–water partition coefficient (Wildman–Crippen LogP) is 0.744. The molecule has 0 aliphatic rings. The summed E-state index contributed by atoms with van der Waals surface area (Å²) in [5.74, 6) is 0. The van der Waals surface area contributed by atoms with Gasteiger partial charge in [0.05, 0.1) is 5.69 Å². The van der Waals surface area contributed by atoms with E-state index in [9.17, 15) is 0 Å². The van der Waals surface area contributed by atoms with Crippen molar-refractivity contribution in [2.75, 3.05) is 7.05 Å². The molecule has 0 saturated carbocycles. The first kappa shape index (κ1) is 8.07. The number of hydrogen-bond donors (Lipinski definition) is 1. The van der Waals surface area contributed by atoms with Crippen LogP contribution in [0.3, 0.4) is 0 Å². The fraction of sp³-hybridized carbons (Fsp3) is 0.222. The summed E-state index contributed by atoms with van der Waals surface area (Å²) >= 11 is 0. The Morgan fingerprint density at radius 1 is 1.23 bits per heavy atom. The average Bonchev–Trinajstić information content (AvgIpc) is 2.18. The van der Waals surface area contributed by atoms with Gasteiger partial charge in [-0.25, -0.2) is 9.97 Å². The Morgan fingerprint density at radius 2 is 2.08 bits per heavy atom. The van der Waals surface area contributed by atoms with Crippen molar-refractivity contribution in [1.29, 1.82) is 0 Å². The molecule has 0 saturated heterocycles. The number of nitrogens with zero attached hydrogens (tertiary/aromatic N) is 3. The van der Waals surface area contributed by atoms with E-state index in [1.54, 1.807) is 12.4 Å². The molecule has 2 aromatic rings. The molecule has 0 bridgehead atoms. The van der Waals surface area contributed by atoms with Gasteiger partial charge in [-0.15, -0.1) is 0 Å². The van der Waals surface area contributed by atoms with E-state index in [2.05, 4.69) is 20.3 Å². The first-order valence-electron chi connectivity index (χ1n) is 4.11. The minimum Gasteiger partial charge on any atom is -0.314 e. The van der Waals surface area contributed by atoms with Gasteiger partial charge in [-0.2, -0.15) is 0 Å². The van der Waals surface area contributed by atoms with Gasteiger partial charge in [0.15, 0.2) is 5.65 Å². The van der Waals surface area contributed by atoms with E-state index in [1.807, 2.05) is 19.2 Å². The molecule has 0 aliphatic heterocycles. The second-order valence-electron chi connectivity index (χ2n) is 2.73. The van der Waals surface area contributed by atoms with Crippen LogP contribution in [-0.4, -0.2) is 22.0 Å². The Labute approximate surface area is 76.1 Å². The Kier molecular flexibility index (Phi) is 2.14. The molecule has 0 aromatic carbocycles. The quantitative estimate of drug-likeness (QED) is 0.729. The third-order valence-electron chi connectivity index (χ3n) is 1.75. The van der Waals surface area contributed by atoms with E-state index in [4.69, 9.17) is 0 Å². The first-order valence-corrected chi connectivity index (χ1v) is 4.11. The number of rotatable bonds is 2. The second-order valence-corrected chi connectivity index (χ2v) is 2.73. The van der Waals surface area contributed by atoms with E-state index in [-0.39, 0.29) is 0 Å². The molecule has 4 nitrogen and oxygen atoms in total. The lowest BCUT2D eigenvalue weighted by Crippen LogP contribution is -2.07. The summed E-state index contributed by atoms with van der Waals surface area (Å²) in [4.78, 5) is 12.6. The highest BCUT2D eigenvalue weighted by molar-refractivity contribution is 5.68. The minimum absolute atomic E-state index is 0.704. The van der Waals surface area contributed by atoms with Crippen molar-refractivity contribution < 1.29 is 0 Å². The highest BCUT2D eigenvalue weighted by atomic mass is 14.9. The molecule has 2 aromatic heterocycles. The number of pyridine rings is 1. The zero-order valence-corrected chi connectivity index (χ0v) is 7.36. The second kappa shape index (κ2) is 3.45. The van der Waals surface area contributed by atoms with Crippen molar-refractivity contribution in [1.82, 2.24) is 20.3 Å². The molecular weight excluding hydrogens is 164 g/mol. The number of fused-ring (bicyclic) bond motifs is 1. The Hall–Kier alpha value is -1.55. The molecular formula is C9H10N4. The maximum absolute atomic E-state index is 4.33. The van der Waals surface area contributed by atoms with E-state index in [0.29, 0.717) is 5.65 Å². The summed E-state index contributed by atoms with van der Waals surface area (Å²) in [5, 5.41) is 3.04. The maximum Gasteiger partial charge on any atom is 0.178 e. The normalized spacial score (nSPS) is 10.5. The molecule has 0 spiro atoms. The van der Waals surface area contributed by atoms with Crippen LogP contribution in [0.4, 0.5) is 0 Å². The molecule has 4 heteroatoms. The zero-order chi connectivity index (χ0) is 9.10. The summed E-state index contributed by atoms with van der Waals surface area (Å²) in [5.41, 5.74) is 2.52. The summed E-state index contributed by atoms with van der Waals surface area (Å²) in [7, 11) is 1.89. The Bertz CT molecular complexity index is 413. The molecule has 1 N–H and O–H groups in total. The number of nitrogens with one attached hydrogen (secondary N) is 1. The van der Waals surface area contributed by atoms with Crippen LogP contribution >= 0.6 is 0 Å². The van der Waals surface area contributed by atoms with Gasteiger partial charge in [-0.05, 0) is 19.2 Å². The summed E-state index contributed by atoms with van der Waals surface area (Å²) < 4.78 is 0. The first-order chi connectivity index (χ1) is 6.40. The molecule has 0 fully saturated rings. The third-order valence-corrected chi connectivity index (χ3v) is 1.75. The van der Waals surface area contributed by atoms with Gasteiger partial charge in [-0.1, -0.05) is 0 Å². The van der Waals surface area contributed by atoms with Crippen LogP contribution in [0.15, 0.2) is 24.5 Å². The number of aromatic nitrogens is 3. The monoisotopic (exact) mass is 174 g/mol. The highest BCUT2D eigenvalue weighted by Crippen LogP contribution is 2.05. The van der Waals surface area contributed by atoms with Crippen LogP contribution in [0.2, 0.25) is 0 Å². The van der Waals surface area contributed by atoms with Crippen LogP contribution in [0, 0.1) is 0 Å². The minimum atomic E-state index is 0.704. The molecule has 66 valence electrons. The van der Waals surface area contributed by atoms with Crippen LogP contribution in [0.1, 0.15) is 5.69 Å². The summed E-state index contributed by atoms with van der Waals surface area (Å²) in [6.07, 6.45) is 3.32.